The fraction of sp³-hybridized carbons (Fsp3) is 0.545. The van der Waals surface area contributed by atoms with Crippen molar-refractivity contribution in [2.45, 2.75) is 19.8 Å². The van der Waals surface area contributed by atoms with E-state index in [1.807, 2.05) is 0 Å². The summed E-state index contributed by atoms with van der Waals surface area (Å²) in [5.41, 5.74) is 6.17. The predicted octanol–water partition coefficient (Wildman–Crippen LogP) is 2.62. The molecule has 0 aromatic carbocycles. The Morgan fingerprint density at radius 2 is 2.19 bits per heavy atom. The average Bonchev–Trinajstić information content (AvgIpc) is 2.26. The molecule has 5 heteroatoms. The Morgan fingerprint density at radius 1 is 1.38 bits per heavy atom. The second kappa shape index (κ2) is 7.46. The molecule has 90 valence electrons. The number of nitrogens with zero attached hydrogens (tertiary/aromatic N) is 1. The van der Waals surface area contributed by atoms with Gasteiger partial charge in [-0.15, -0.1) is 0 Å². The summed E-state index contributed by atoms with van der Waals surface area (Å²) >= 11 is 3.33. The van der Waals surface area contributed by atoms with E-state index in [4.69, 9.17) is 15.2 Å². The maximum absolute atomic E-state index is 5.56. The minimum absolute atomic E-state index is 0.499. The minimum atomic E-state index is 0.499. The van der Waals surface area contributed by atoms with Crippen LogP contribution in [0.5, 0.6) is 5.88 Å². The molecule has 0 saturated heterocycles. The second-order valence-electron chi connectivity index (χ2n) is 3.37. The van der Waals surface area contributed by atoms with Gasteiger partial charge in [-0.3, -0.25) is 0 Å². The van der Waals surface area contributed by atoms with Crippen molar-refractivity contribution in [2.75, 3.05) is 25.6 Å². The maximum Gasteiger partial charge on any atom is 0.228 e. The molecule has 0 aliphatic rings. The third-order valence-electron chi connectivity index (χ3n) is 1.94. The molecule has 16 heavy (non-hydrogen) atoms. The van der Waals surface area contributed by atoms with Gasteiger partial charge in [0.05, 0.1) is 23.0 Å². The smallest absolute Gasteiger partial charge is 0.228 e. The highest BCUT2D eigenvalue weighted by Crippen LogP contribution is 2.23. The first-order chi connectivity index (χ1) is 7.74. The number of hydrogen-bond acceptors (Lipinski definition) is 4. The van der Waals surface area contributed by atoms with Gasteiger partial charge in [-0.1, -0.05) is 13.3 Å². The first kappa shape index (κ1) is 13.3. The molecule has 0 radical (unpaired) electrons. The fourth-order valence-electron chi connectivity index (χ4n) is 1.09. The summed E-state index contributed by atoms with van der Waals surface area (Å²) in [7, 11) is 0. The lowest BCUT2D eigenvalue weighted by atomic mass is 10.4. The van der Waals surface area contributed by atoms with Crippen LogP contribution in [-0.2, 0) is 4.74 Å². The van der Waals surface area contributed by atoms with Crippen LogP contribution in [0, 0.1) is 0 Å². The molecule has 1 aromatic heterocycles. The quantitative estimate of drug-likeness (QED) is 0.784. The van der Waals surface area contributed by atoms with Gasteiger partial charge >= 0.3 is 0 Å². The van der Waals surface area contributed by atoms with Crippen LogP contribution >= 0.6 is 15.9 Å². The molecule has 0 bridgehead atoms. The molecule has 0 amide bonds. The van der Waals surface area contributed by atoms with E-state index in [0.29, 0.717) is 24.8 Å². The first-order valence-corrected chi connectivity index (χ1v) is 6.15. The molecule has 1 aromatic rings. The molecule has 0 unspecified atom stereocenters. The monoisotopic (exact) mass is 288 g/mol. The zero-order valence-corrected chi connectivity index (χ0v) is 11.0. The highest BCUT2D eigenvalue weighted by atomic mass is 79.9. The van der Waals surface area contributed by atoms with Gasteiger partial charge in [0.15, 0.2) is 0 Å². The topological polar surface area (TPSA) is 57.4 Å². The van der Waals surface area contributed by atoms with Gasteiger partial charge in [-0.2, -0.15) is 0 Å². The number of halogens is 1. The number of ether oxygens (including phenoxy) is 2. The molecular formula is C11H17BrN2O2. The normalized spacial score (nSPS) is 10.4. The highest BCUT2D eigenvalue weighted by Gasteiger charge is 2.02. The Balaban J connectivity index is 2.21. The van der Waals surface area contributed by atoms with Crippen LogP contribution in [0.2, 0.25) is 0 Å². The summed E-state index contributed by atoms with van der Waals surface area (Å²) in [6, 6.07) is 1.76. The summed E-state index contributed by atoms with van der Waals surface area (Å²) in [4.78, 5) is 4.06. The maximum atomic E-state index is 5.56. The van der Waals surface area contributed by atoms with Crippen molar-refractivity contribution in [1.82, 2.24) is 4.98 Å². The van der Waals surface area contributed by atoms with E-state index in [1.165, 1.54) is 0 Å². The fourth-order valence-corrected chi connectivity index (χ4v) is 1.57. The first-order valence-electron chi connectivity index (χ1n) is 5.35. The number of aromatic nitrogens is 1. The lowest BCUT2D eigenvalue weighted by Gasteiger charge is -2.07. The Kier molecular flexibility index (Phi) is 6.18. The molecule has 0 aliphatic heterocycles. The summed E-state index contributed by atoms with van der Waals surface area (Å²) in [6.45, 7) is 4.00. The van der Waals surface area contributed by atoms with Crippen LogP contribution in [0.25, 0.3) is 0 Å². The number of hydrogen-bond donors (Lipinski definition) is 1. The molecule has 0 spiro atoms. The van der Waals surface area contributed by atoms with Crippen molar-refractivity contribution >= 4 is 21.6 Å². The van der Waals surface area contributed by atoms with Crippen LogP contribution in [0.3, 0.4) is 0 Å². The van der Waals surface area contributed by atoms with Crippen LogP contribution < -0.4 is 10.5 Å². The zero-order chi connectivity index (χ0) is 11.8. The van der Waals surface area contributed by atoms with Gasteiger partial charge in [-0.25, -0.2) is 4.98 Å². The van der Waals surface area contributed by atoms with E-state index in [1.54, 1.807) is 12.3 Å². The van der Waals surface area contributed by atoms with Gasteiger partial charge in [0.25, 0.3) is 0 Å². The molecule has 0 saturated carbocycles. The van der Waals surface area contributed by atoms with Gasteiger partial charge in [0.2, 0.25) is 5.88 Å². The van der Waals surface area contributed by atoms with Gasteiger partial charge in [0, 0.05) is 6.61 Å². The van der Waals surface area contributed by atoms with E-state index in [-0.39, 0.29) is 0 Å². The second-order valence-corrected chi connectivity index (χ2v) is 4.22. The van der Waals surface area contributed by atoms with Gasteiger partial charge in [0.1, 0.15) is 6.61 Å². The van der Waals surface area contributed by atoms with E-state index in [0.717, 1.165) is 23.9 Å². The van der Waals surface area contributed by atoms with E-state index in [9.17, 15) is 0 Å². The molecule has 0 fully saturated rings. The van der Waals surface area contributed by atoms with Crippen LogP contribution in [0.1, 0.15) is 19.8 Å². The van der Waals surface area contributed by atoms with Crippen molar-refractivity contribution in [1.29, 1.82) is 0 Å². The molecule has 1 heterocycles. The highest BCUT2D eigenvalue weighted by molar-refractivity contribution is 9.10. The Hall–Kier alpha value is -0.810. The third kappa shape index (κ3) is 4.81. The van der Waals surface area contributed by atoms with E-state index < -0.39 is 0 Å². The molecule has 1 rings (SSSR count). The number of nitrogens with two attached hydrogens (primary N) is 1. The lowest BCUT2D eigenvalue weighted by molar-refractivity contribution is 0.0962. The number of anilines is 1. The van der Waals surface area contributed by atoms with E-state index >= 15 is 0 Å². The van der Waals surface area contributed by atoms with Crippen molar-refractivity contribution < 1.29 is 9.47 Å². The Bertz CT molecular complexity index is 321. The molecule has 0 atom stereocenters. The Morgan fingerprint density at radius 3 is 2.88 bits per heavy atom. The van der Waals surface area contributed by atoms with Crippen LogP contribution in [-0.4, -0.2) is 24.8 Å². The SMILES string of the molecule is CCCCOCCOc1ncc(N)cc1Br. The van der Waals surface area contributed by atoms with Gasteiger partial charge < -0.3 is 15.2 Å². The number of unbranched alkanes of at least 4 members (excludes halogenated alkanes) is 1. The van der Waals surface area contributed by atoms with Crippen molar-refractivity contribution in [3.8, 4) is 5.88 Å². The summed E-state index contributed by atoms with van der Waals surface area (Å²) in [5, 5.41) is 0. The Labute approximate surface area is 104 Å². The standard InChI is InChI=1S/C11H17BrN2O2/c1-2-3-4-15-5-6-16-11-10(12)7-9(13)8-14-11/h7-8H,2-6,13H2,1H3. The van der Waals surface area contributed by atoms with Crippen LogP contribution in [0.15, 0.2) is 16.7 Å². The number of nitrogen functional groups attached to an aromatic ring is 1. The minimum Gasteiger partial charge on any atom is -0.474 e. The van der Waals surface area contributed by atoms with Crippen molar-refractivity contribution in [3.63, 3.8) is 0 Å². The average molecular weight is 289 g/mol. The predicted molar refractivity (Wildman–Crippen MR) is 67.6 cm³/mol. The lowest BCUT2D eigenvalue weighted by Crippen LogP contribution is -2.08. The van der Waals surface area contributed by atoms with E-state index in [2.05, 4.69) is 27.8 Å². The van der Waals surface area contributed by atoms with Gasteiger partial charge in [-0.05, 0) is 28.4 Å². The molecule has 4 nitrogen and oxygen atoms in total. The number of pyridine rings is 1. The number of rotatable bonds is 7. The summed E-state index contributed by atoms with van der Waals surface area (Å²) in [5.74, 6) is 0.549. The summed E-state index contributed by atoms with van der Waals surface area (Å²) in [6.07, 6.45) is 3.80. The van der Waals surface area contributed by atoms with Crippen LogP contribution in [0.4, 0.5) is 5.69 Å². The summed E-state index contributed by atoms with van der Waals surface area (Å²) < 4.78 is 11.6. The molecular weight excluding hydrogens is 272 g/mol. The molecule has 2 N–H and O–H groups in total. The largest absolute Gasteiger partial charge is 0.474 e. The molecule has 0 aliphatic carbocycles. The third-order valence-corrected chi connectivity index (χ3v) is 2.51. The van der Waals surface area contributed by atoms with Crippen molar-refractivity contribution in [3.05, 3.63) is 16.7 Å². The van der Waals surface area contributed by atoms with Crippen molar-refractivity contribution in [2.24, 2.45) is 0 Å². The zero-order valence-electron chi connectivity index (χ0n) is 9.41.